The Morgan fingerprint density at radius 3 is 2.30 bits per heavy atom. The highest BCUT2D eigenvalue weighted by atomic mass is 19.4. The number of aromatic nitrogens is 2. The molecule has 0 unspecified atom stereocenters. The molecule has 1 heterocycles. The number of carbonyl (C=O) groups excluding carboxylic acids is 1. The van der Waals surface area contributed by atoms with Crippen LogP contribution in [0.4, 0.5) is 32.3 Å². The predicted octanol–water partition coefficient (Wildman–Crippen LogP) is 3.41. The topological polar surface area (TPSA) is 78.0 Å². The van der Waals surface area contributed by atoms with Gasteiger partial charge in [-0.15, -0.1) is 0 Å². The molecular formula is C12H7F6N3O2. The molecule has 1 aromatic heterocycles. The Hall–Kier alpha value is -2.72. The van der Waals surface area contributed by atoms with Gasteiger partial charge in [0.25, 0.3) is 5.91 Å². The van der Waals surface area contributed by atoms with Gasteiger partial charge in [-0.2, -0.15) is 26.3 Å². The van der Waals surface area contributed by atoms with Crippen LogP contribution in [0.25, 0.3) is 0 Å². The molecule has 1 amide bonds. The standard InChI is InChI=1S/C12H7F6N3O2/c13-11(14,15)7-2-1-5(22)3-6(7)9(23)21-10-19-4-8(20-10)12(16,17)18/h1-4,22H,(H2,19,20,21,23). The molecule has 2 rings (SSSR count). The highest BCUT2D eigenvalue weighted by Crippen LogP contribution is 2.34. The van der Waals surface area contributed by atoms with Gasteiger partial charge < -0.3 is 10.1 Å². The van der Waals surface area contributed by atoms with Crippen LogP contribution < -0.4 is 5.32 Å². The number of phenolic OH excluding ortho intramolecular Hbond substituents is 1. The number of carbonyl (C=O) groups is 1. The molecule has 2 aromatic rings. The first-order valence-electron chi connectivity index (χ1n) is 5.82. The SMILES string of the molecule is O=C(Nc1ncc(C(F)(F)F)[nH]1)c1cc(O)ccc1C(F)(F)F. The van der Waals surface area contributed by atoms with E-state index in [4.69, 9.17) is 0 Å². The Morgan fingerprint density at radius 1 is 1.13 bits per heavy atom. The largest absolute Gasteiger partial charge is 0.508 e. The number of alkyl halides is 6. The molecule has 0 atom stereocenters. The number of hydrogen-bond acceptors (Lipinski definition) is 3. The summed E-state index contributed by atoms with van der Waals surface area (Å²) in [5.74, 6) is -2.67. The number of aromatic hydroxyl groups is 1. The van der Waals surface area contributed by atoms with Gasteiger partial charge in [-0.1, -0.05) is 0 Å². The zero-order valence-corrected chi connectivity index (χ0v) is 10.9. The van der Waals surface area contributed by atoms with Gasteiger partial charge in [0.05, 0.1) is 17.3 Å². The predicted molar refractivity (Wildman–Crippen MR) is 64.7 cm³/mol. The molecule has 0 radical (unpaired) electrons. The minimum atomic E-state index is -4.89. The number of H-pyrrole nitrogens is 1. The van der Waals surface area contributed by atoms with Crippen LogP contribution in [0.2, 0.25) is 0 Å². The summed E-state index contributed by atoms with van der Waals surface area (Å²) in [6, 6.07) is 1.76. The van der Waals surface area contributed by atoms with E-state index in [9.17, 15) is 36.2 Å². The summed E-state index contributed by atoms with van der Waals surface area (Å²) in [4.78, 5) is 16.8. The smallest absolute Gasteiger partial charge is 0.432 e. The monoisotopic (exact) mass is 339 g/mol. The number of aromatic amines is 1. The van der Waals surface area contributed by atoms with Crippen LogP contribution in [0, 0.1) is 0 Å². The molecule has 0 spiro atoms. The summed E-state index contributed by atoms with van der Waals surface area (Å²) in [5.41, 5.74) is -3.59. The zero-order chi connectivity index (χ0) is 17.4. The number of benzene rings is 1. The minimum absolute atomic E-state index is 0.378. The van der Waals surface area contributed by atoms with Crippen molar-refractivity contribution in [2.75, 3.05) is 5.32 Å². The fourth-order valence-corrected chi connectivity index (χ4v) is 1.67. The van der Waals surface area contributed by atoms with Crippen LogP contribution in [0.1, 0.15) is 21.6 Å². The van der Waals surface area contributed by atoms with Crippen LogP contribution in [0.3, 0.4) is 0 Å². The van der Waals surface area contributed by atoms with E-state index in [-0.39, 0.29) is 0 Å². The van der Waals surface area contributed by atoms with Gasteiger partial charge in [0.1, 0.15) is 11.4 Å². The summed E-state index contributed by atoms with van der Waals surface area (Å²) in [6.07, 6.45) is -9.26. The summed E-state index contributed by atoms with van der Waals surface area (Å²) in [5, 5.41) is 11.0. The number of nitrogens with zero attached hydrogens (tertiary/aromatic N) is 1. The summed E-state index contributed by atoms with van der Waals surface area (Å²) >= 11 is 0. The summed E-state index contributed by atoms with van der Waals surface area (Å²) in [6.45, 7) is 0. The second-order valence-electron chi connectivity index (χ2n) is 4.33. The number of halogens is 6. The second-order valence-corrected chi connectivity index (χ2v) is 4.33. The van der Waals surface area contributed by atoms with E-state index in [2.05, 4.69) is 4.98 Å². The molecule has 1 aromatic carbocycles. The van der Waals surface area contributed by atoms with Crippen LogP contribution >= 0.6 is 0 Å². The molecule has 5 nitrogen and oxygen atoms in total. The molecule has 0 fully saturated rings. The van der Waals surface area contributed by atoms with Gasteiger partial charge >= 0.3 is 12.4 Å². The van der Waals surface area contributed by atoms with Gasteiger partial charge in [-0.3, -0.25) is 10.1 Å². The third-order valence-corrected chi connectivity index (χ3v) is 2.67. The highest BCUT2D eigenvalue weighted by molar-refractivity contribution is 6.04. The number of nitrogens with one attached hydrogen (secondary N) is 2. The maximum atomic E-state index is 12.8. The van der Waals surface area contributed by atoms with E-state index in [0.717, 1.165) is 6.07 Å². The molecule has 0 aliphatic rings. The van der Waals surface area contributed by atoms with Crippen molar-refractivity contribution in [2.24, 2.45) is 0 Å². The normalized spacial score (nSPS) is 12.3. The summed E-state index contributed by atoms with van der Waals surface area (Å²) < 4.78 is 75.5. The van der Waals surface area contributed by atoms with Gasteiger partial charge in [0.2, 0.25) is 5.95 Å². The van der Waals surface area contributed by atoms with E-state index in [1.165, 1.54) is 0 Å². The second kappa shape index (κ2) is 5.48. The van der Waals surface area contributed by atoms with E-state index in [0.29, 0.717) is 18.3 Å². The number of hydrogen-bond donors (Lipinski definition) is 3. The van der Waals surface area contributed by atoms with E-state index >= 15 is 0 Å². The number of amides is 1. The van der Waals surface area contributed by atoms with Crippen molar-refractivity contribution < 1.29 is 36.2 Å². The Bertz CT molecular complexity index is 735. The molecular weight excluding hydrogens is 332 g/mol. The Balaban J connectivity index is 2.31. The highest BCUT2D eigenvalue weighted by Gasteiger charge is 2.36. The number of rotatable bonds is 2. The van der Waals surface area contributed by atoms with Crippen molar-refractivity contribution in [3.05, 3.63) is 41.2 Å². The maximum Gasteiger partial charge on any atom is 0.432 e. The Morgan fingerprint density at radius 2 is 1.78 bits per heavy atom. The molecule has 11 heteroatoms. The quantitative estimate of drug-likeness (QED) is 0.734. The van der Waals surface area contributed by atoms with Gasteiger partial charge in [-0.05, 0) is 18.2 Å². The molecule has 3 N–H and O–H groups in total. The van der Waals surface area contributed by atoms with Gasteiger partial charge in [-0.25, -0.2) is 4.98 Å². The number of phenols is 1. The van der Waals surface area contributed by atoms with Crippen LogP contribution in [0.15, 0.2) is 24.4 Å². The average Bonchev–Trinajstić information content (AvgIpc) is 2.85. The van der Waals surface area contributed by atoms with Crippen LogP contribution in [-0.2, 0) is 12.4 Å². The average molecular weight is 339 g/mol. The Kier molecular flexibility index (Phi) is 3.97. The molecule has 0 aliphatic carbocycles. The number of anilines is 1. The first-order valence-corrected chi connectivity index (χ1v) is 5.82. The molecule has 0 saturated carbocycles. The van der Waals surface area contributed by atoms with Crippen molar-refractivity contribution in [1.82, 2.24) is 9.97 Å². The van der Waals surface area contributed by atoms with Crippen LogP contribution in [-0.4, -0.2) is 21.0 Å². The lowest BCUT2D eigenvalue weighted by molar-refractivity contribution is -0.141. The molecule has 0 saturated heterocycles. The molecule has 124 valence electrons. The number of imidazole rings is 1. The van der Waals surface area contributed by atoms with Crippen molar-refractivity contribution in [1.29, 1.82) is 0 Å². The lowest BCUT2D eigenvalue weighted by Gasteiger charge is -2.12. The van der Waals surface area contributed by atoms with Crippen molar-refractivity contribution >= 4 is 11.9 Å². The van der Waals surface area contributed by atoms with E-state index in [1.54, 1.807) is 10.3 Å². The lowest BCUT2D eigenvalue weighted by atomic mass is 10.1. The van der Waals surface area contributed by atoms with Crippen LogP contribution in [0.5, 0.6) is 5.75 Å². The fraction of sp³-hybridized carbons (Fsp3) is 0.167. The first kappa shape index (κ1) is 16.6. The zero-order valence-electron chi connectivity index (χ0n) is 10.9. The molecule has 0 aliphatic heterocycles. The lowest BCUT2D eigenvalue weighted by Crippen LogP contribution is -2.19. The molecule has 23 heavy (non-hydrogen) atoms. The van der Waals surface area contributed by atoms with Crippen molar-refractivity contribution in [3.8, 4) is 5.75 Å². The first-order chi connectivity index (χ1) is 10.5. The van der Waals surface area contributed by atoms with Crippen molar-refractivity contribution in [2.45, 2.75) is 12.4 Å². The van der Waals surface area contributed by atoms with E-state index in [1.807, 2.05) is 0 Å². The third kappa shape index (κ3) is 3.73. The molecule has 0 bridgehead atoms. The summed E-state index contributed by atoms with van der Waals surface area (Å²) in [7, 11) is 0. The van der Waals surface area contributed by atoms with Gasteiger partial charge in [0.15, 0.2) is 0 Å². The fourth-order valence-electron chi connectivity index (χ4n) is 1.67. The minimum Gasteiger partial charge on any atom is -0.508 e. The third-order valence-electron chi connectivity index (χ3n) is 2.67. The van der Waals surface area contributed by atoms with Crippen molar-refractivity contribution in [3.63, 3.8) is 0 Å². The van der Waals surface area contributed by atoms with Gasteiger partial charge in [0, 0.05) is 0 Å². The van der Waals surface area contributed by atoms with E-state index < -0.39 is 46.8 Å². The Labute approximate surface area is 124 Å². The maximum absolute atomic E-state index is 12.8.